The van der Waals surface area contributed by atoms with Gasteiger partial charge in [0.15, 0.2) is 5.69 Å². The molecule has 3 heterocycles. The van der Waals surface area contributed by atoms with Crippen molar-refractivity contribution in [2.24, 2.45) is 0 Å². The first-order chi connectivity index (χ1) is 16.4. The summed E-state index contributed by atoms with van der Waals surface area (Å²) in [5, 5.41) is 17.2. The Balaban J connectivity index is 1.45. The van der Waals surface area contributed by atoms with Crippen LogP contribution in [0.5, 0.6) is 5.75 Å². The normalized spacial score (nSPS) is 12.6. The number of hydrogen-bond acceptors (Lipinski definition) is 7. The third kappa shape index (κ3) is 3.66. The molecule has 4 aromatic rings. The minimum absolute atomic E-state index is 0.0182. The summed E-state index contributed by atoms with van der Waals surface area (Å²) < 4.78 is 16.7. The SMILES string of the molecule is Cc1ncnn1-c1cc(F)ccc1CNC(=O)c1nc2n(c(=O)c1O)CCN2c1ccccc1. The number of carbonyl (C=O) groups excluding carboxylic acids is 1. The summed E-state index contributed by atoms with van der Waals surface area (Å²) in [6.07, 6.45) is 1.35. The van der Waals surface area contributed by atoms with Crippen LogP contribution in [0.1, 0.15) is 21.9 Å². The molecular formula is C23H20FN7O3. The van der Waals surface area contributed by atoms with Crippen LogP contribution in [0.4, 0.5) is 16.0 Å². The summed E-state index contributed by atoms with van der Waals surface area (Å²) in [5.41, 5.74) is 0.731. The molecule has 0 bridgehead atoms. The summed E-state index contributed by atoms with van der Waals surface area (Å²) in [4.78, 5) is 35.9. The molecule has 0 radical (unpaired) electrons. The maximum Gasteiger partial charge on any atom is 0.298 e. The van der Waals surface area contributed by atoms with Gasteiger partial charge in [-0.25, -0.2) is 19.0 Å². The fraction of sp³-hybridized carbons (Fsp3) is 0.174. The molecule has 0 saturated carbocycles. The summed E-state index contributed by atoms with van der Waals surface area (Å²) >= 11 is 0. The summed E-state index contributed by atoms with van der Waals surface area (Å²) in [6.45, 7) is 2.52. The van der Waals surface area contributed by atoms with E-state index >= 15 is 0 Å². The first-order valence-corrected chi connectivity index (χ1v) is 10.5. The van der Waals surface area contributed by atoms with Crippen LogP contribution in [0.25, 0.3) is 5.69 Å². The lowest BCUT2D eigenvalue weighted by atomic mass is 10.1. The van der Waals surface area contributed by atoms with Crippen molar-refractivity contribution in [1.29, 1.82) is 0 Å². The van der Waals surface area contributed by atoms with Crippen LogP contribution in [-0.2, 0) is 13.1 Å². The Morgan fingerprint density at radius 3 is 2.71 bits per heavy atom. The summed E-state index contributed by atoms with van der Waals surface area (Å²) in [5.74, 6) is -1.09. The minimum Gasteiger partial charge on any atom is -0.501 e. The number of benzene rings is 2. The van der Waals surface area contributed by atoms with Crippen molar-refractivity contribution in [3.63, 3.8) is 0 Å². The first-order valence-electron chi connectivity index (χ1n) is 10.5. The maximum absolute atomic E-state index is 13.9. The van der Waals surface area contributed by atoms with Gasteiger partial charge < -0.3 is 15.3 Å². The summed E-state index contributed by atoms with van der Waals surface area (Å²) in [6, 6.07) is 13.4. The van der Waals surface area contributed by atoms with Crippen molar-refractivity contribution in [1.82, 2.24) is 29.6 Å². The van der Waals surface area contributed by atoms with Crippen molar-refractivity contribution in [2.45, 2.75) is 20.0 Å². The van der Waals surface area contributed by atoms with Crippen LogP contribution in [0, 0.1) is 12.7 Å². The van der Waals surface area contributed by atoms with Crippen molar-refractivity contribution in [2.75, 3.05) is 11.4 Å². The van der Waals surface area contributed by atoms with E-state index < -0.39 is 23.0 Å². The van der Waals surface area contributed by atoms with Gasteiger partial charge in [0.1, 0.15) is 18.0 Å². The molecule has 1 aliphatic heterocycles. The highest BCUT2D eigenvalue weighted by atomic mass is 19.1. The van der Waals surface area contributed by atoms with Crippen LogP contribution in [0.2, 0.25) is 0 Å². The Morgan fingerprint density at radius 2 is 1.97 bits per heavy atom. The Bertz CT molecular complexity index is 1450. The number of para-hydroxylation sites is 1. The number of nitrogens with one attached hydrogen (secondary N) is 1. The number of nitrogens with zero attached hydrogens (tertiary/aromatic N) is 6. The lowest BCUT2D eigenvalue weighted by Gasteiger charge is -2.18. The van der Waals surface area contributed by atoms with E-state index in [1.54, 1.807) is 6.92 Å². The van der Waals surface area contributed by atoms with Crippen LogP contribution in [0.15, 0.2) is 59.7 Å². The first kappa shape index (κ1) is 21.3. The van der Waals surface area contributed by atoms with Gasteiger partial charge in [-0.15, -0.1) is 0 Å². The third-order valence-electron chi connectivity index (χ3n) is 5.63. The smallest absolute Gasteiger partial charge is 0.298 e. The molecule has 0 aliphatic carbocycles. The second-order valence-corrected chi connectivity index (χ2v) is 7.73. The number of aromatic hydroxyl groups is 1. The Morgan fingerprint density at radius 1 is 1.18 bits per heavy atom. The number of anilines is 2. The zero-order chi connectivity index (χ0) is 23.8. The molecule has 2 N–H and O–H groups in total. The number of hydrogen-bond donors (Lipinski definition) is 2. The van der Waals surface area contributed by atoms with Crippen LogP contribution >= 0.6 is 0 Å². The molecule has 2 aromatic heterocycles. The molecule has 172 valence electrons. The number of aromatic nitrogens is 5. The van der Waals surface area contributed by atoms with Crippen molar-refractivity contribution in [3.05, 3.63) is 88.1 Å². The van der Waals surface area contributed by atoms with Gasteiger partial charge >= 0.3 is 0 Å². The number of rotatable bonds is 5. The van der Waals surface area contributed by atoms with E-state index in [-0.39, 0.29) is 18.2 Å². The highest BCUT2D eigenvalue weighted by Crippen LogP contribution is 2.28. The Labute approximate surface area is 192 Å². The highest BCUT2D eigenvalue weighted by molar-refractivity contribution is 5.95. The second kappa shape index (κ2) is 8.43. The van der Waals surface area contributed by atoms with Gasteiger partial charge in [-0.1, -0.05) is 24.3 Å². The molecule has 5 rings (SSSR count). The minimum atomic E-state index is -0.733. The fourth-order valence-electron chi connectivity index (χ4n) is 3.93. The zero-order valence-electron chi connectivity index (χ0n) is 18.1. The molecule has 0 saturated heterocycles. The molecule has 1 aliphatic rings. The predicted molar refractivity (Wildman–Crippen MR) is 121 cm³/mol. The molecular weight excluding hydrogens is 441 g/mol. The number of fused-ring (bicyclic) bond motifs is 1. The Hall–Kier alpha value is -4.54. The topological polar surface area (TPSA) is 118 Å². The second-order valence-electron chi connectivity index (χ2n) is 7.73. The number of amides is 1. The molecule has 10 nitrogen and oxygen atoms in total. The third-order valence-corrected chi connectivity index (χ3v) is 5.63. The molecule has 0 unspecified atom stereocenters. The van der Waals surface area contributed by atoms with Gasteiger partial charge in [-0.3, -0.25) is 14.2 Å². The largest absolute Gasteiger partial charge is 0.501 e. The molecule has 34 heavy (non-hydrogen) atoms. The predicted octanol–water partition coefficient (Wildman–Crippen LogP) is 2.06. The lowest BCUT2D eigenvalue weighted by Crippen LogP contribution is -2.29. The fourth-order valence-corrected chi connectivity index (χ4v) is 3.93. The van der Waals surface area contributed by atoms with Gasteiger partial charge in [0.05, 0.1) is 5.69 Å². The molecule has 11 heteroatoms. The molecule has 0 atom stereocenters. The maximum atomic E-state index is 13.9. The van der Waals surface area contributed by atoms with Crippen molar-refractivity contribution < 1.29 is 14.3 Å². The van der Waals surface area contributed by atoms with E-state index in [0.717, 1.165) is 5.69 Å². The Kier molecular flexibility index (Phi) is 5.28. The molecule has 2 aromatic carbocycles. The average molecular weight is 461 g/mol. The van der Waals surface area contributed by atoms with E-state index in [1.165, 1.54) is 33.8 Å². The monoisotopic (exact) mass is 461 g/mol. The van der Waals surface area contributed by atoms with Gasteiger partial charge in [0.25, 0.3) is 11.5 Å². The van der Waals surface area contributed by atoms with E-state index in [0.29, 0.717) is 30.2 Å². The molecule has 0 fully saturated rings. The van der Waals surface area contributed by atoms with Crippen LogP contribution in [0.3, 0.4) is 0 Å². The van der Waals surface area contributed by atoms with Crippen LogP contribution in [-0.4, -0.2) is 41.9 Å². The van der Waals surface area contributed by atoms with Gasteiger partial charge in [0, 0.05) is 25.3 Å². The molecule has 1 amide bonds. The quantitative estimate of drug-likeness (QED) is 0.467. The standard InChI is InChI=1S/C23H20FN7O3/c1-14-26-13-27-31(14)18-11-16(24)8-7-15(18)12-25-21(33)19-20(32)22(34)30-10-9-29(23(30)28-19)17-5-3-2-4-6-17/h2-8,11,13,32H,9-10,12H2,1H3,(H,25,33). The average Bonchev–Trinajstić information content (AvgIpc) is 3.47. The summed E-state index contributed by atoms with van der Waals surface area (Å²) in [7, 11) is 0. The van der Waals surface area contributed by atoms with E-state index in [4.69, 9.17) is 0 Å². The van der Waals surface area contributed by atoms with E-state index in [2.05, 4.69) is 20.4 Å². The van der Waals surface area contributed by atoms with E-state index in [1.807, 2.05) is 35.2 Å². The highest BCUT2D eigenvalue weighted by Gasteiger charge is 2.29. The number of aryl methyl sites for hydroxylation is 1. The van der Waals surface area contributed by atoms with Gasteiger partial charge in [-0.2, -0.15) is 5.10 Å². The molecule has 0 spiro atoms. The zero-order valence-corrected chi connectivity index (χ0v) is 18.1. The van der Waals surface area contributed by atoms with Crippen molar-refractivity contribution in [3.8, 4) is 11.4 Å². The lowest BCUT2D eigenvalue weighted by molar-refractivity contribution is 0.0942. The van der Waals surface area contributed by atoms with E-state index in [9.17, 15) is 19.1 Å². The number of carbonyl (C=O) groups is 1. The number of halogens is 1. The van der Waals surface area contributed by atoms with Gasteiger partial charge in [0.2, 0.25) is 11.7 Å². The van der Waals surface area contributed by atoms with Crippen LogP contribution < -0.4 is 15.8 Å². The van der Waals surface area contributed by atoms with Crippen molar-refractivity contribution >= 4 is 17.5 Å². The van der Waals surface area contributed by atoms with Gasteiger partial charge in [-0.05, 0) is 36.8 Å².